The second-order valence-corrected chi connectivity index (χ2v) is 9.17. The molecule has 2 aromatic heterocycles. The summed E-state index contributed by atoms with van der Waals surface area (Å²) in [5.74, 6) is 0.406. The zero-order valence-corrected chi connectivity index (χ0v) is 15.9. The van der Waals surface area contributed by atoms with Gasteiger partial charge < -0.3 is 4.40 Å². The second-order valence-electron chi connectivity index (χ2n) is 7.24. The van der Waals surface area contributed by atoms with E-state index in [1.54, 1.807) is 22.5 Å². The number of benzene rings is 1. The van der Waals surface area contributed by atoms with Crippen LogP contribution in [0.15, 0.2) is 53.7 Å². The third-order valence-corrected chi connectivity index (χ3v) is 6.85. The molecule has 1 fully saturated rings. The van der Waals surface area contributed by atoms with Crippen molar-refractivity contribution < 1.29 is 8.42 Å². The number of aryl methyl sites for hydroxylation is 1. The lowest BCUT2D eigenvalue weighted by Crippen LogP contribution is -2.39. The van der Waals surface area contributed by atoms with Crippen molar-refractivity contribution in [3.05, 3.63) is 54.4 Å². The van der Waals surface area contributed by atoms with E-state index in [0.717, 1.165) is 35.3 Å². The van der Waals surface area contributed by atoms with Crippen LogP contribution in [0.5, 0.6) is 0 Å². The van der Waals surface area contributed by atoms with Gasteiger partial charge in [-0.05, 0) is 49.4 Å². The number of piperidine rings is 1. The summed E-state index contributed by atoms with van der Waals surface area (Å²) in [6.45, 7) is 5.34. The number of hydrogen-bond acceptors (Lipinski definition) is 3. The Hall–Kier alpha value is -2.18. The van der Waals surface area contributed by atoms with Crippen molar-refractivity contribution in [1.29, 1.82) is 0 Å². The molecule has 0 unspecified atom stereocenters. The normalized spacial score (nSPS) is 19.1. The van der Waals surface area contributed by atoms with E-state index in [-0.39, 0.29) is 0 Å². The number of imidazole rings is 1. The molecule has 0 saturated carbocycles. The van der Waals surface area contributed by atoms with Crippen molar-refractivity contribution in [2.45, 2.75) is 31.6 Å². The van der Waals surface area contributed by atoms with Gasteiger partial charge in [0.05, 0.1) is 10.6 Å². The van der Waals surface area contributed by atoms with Crippen LogP contribution in [-0.2, 0) is 10.0 Å². The Morgan fingerprint density at radius 1 is 1.15 bits per heavy atom. The molecule has 0 amide bonds. The minimum absolute atomic E-state index is 0.345. The molecule has 0 aliphatic carbocycles. The average molecular weight is 369 g/mol. The highest BCUT2D eigenvalue weighted by Gasteiger charge is 2.28. The van der Waals surface area contributed by atoms with E-state index in [1.807, 2.05) is 41.9 Å². The number of fused-ring (bicyclic) bond motifs is 1. The van der Waals surface area contributed by atoms with Gasteiger partial charge in [-0.3, -0.25) is 0 Å². The first kappa shape index (κ1) is 17.2. The van der Waals surface area contributed by atoms with Gasteiger partial charge in [-0.2, -0.15) is 4.31 Å². The van der Waals surface area contributed by atoms with E-state index in [2.05, 4.69) is 11.9 Å². The first-order valence-corrected chi connectivity index (χ1v) is 10.4. The van der Waals surface area contributed by atoms with Gasteiger partial charge in [-0.1, -0.05) is 25.1 Å². The van der Waals surface area contributed by atoms with E-state index in [0.29, 0.717) is 23.9 Å². The van der Waals surface area contributed by atoms with Gasteiger partial charge in [0, 0.05) is 31.0 Å². The highest BCUT2D eigenvalue weighted by atomic mass is 32.2. The molecule has 1 aliphatic rings. The van der Waals surface area contributed by atoms with Gasteiger partial charge >= 0.3 is 0 Å². The summed E-state index contributed by atoms with van der Waals surface area (Å²) >= 11 is 0. The van der Waals surface area contributed by atoms with E-state index < -0.39 is 10.0 Å². The van der Waals surface area contributed by atoms with Crippen molar-refractivity contribution in [2.75, 3.05) is 13.1 Å². The van der Waals surface area contributed by atoms with Crippen LogP contribution in [0.3, 0.4) is 0 Å². The average Bonchev–Trinajstić information content (AvgIpc) is 3.05. The fourth-order valence-corrected chi connectivity index (χ4v) is 5.22. The molecule has 1 atom stereocenters. The summed E-state index contributed by atoms with van der Waals surface area (Å²) in [5.41, 5.74) is 3.60. The molecule has 0 bridgehead atoms. The molecule has 1 aliphatic heterocycles. The van der Waals surface area contributed by atoms with E-state index in [9.17, 15) is 8.42 Å². The lowest BCUT2D eigenvalue weighted by Gasteiger charge is -2.30. The fourth-order valence-electron chi connectivity index (χ4n) is 3.57. The van der Waals surface area contributed by atoms with Gasteiger partial charge in [0.25, 0.3) is 0 Å². The van der Waals surface area contributed by atoms with Crippen molar-refractivity contribution in [3.8, 4) is 11.3 Å². The summed E-state index contributed by atoms with van der Waals surface area (Å²) in [5, 5.41) is 0. The Morgan fingerprint density at radius 3 is 2.81 bits per heavy atom. The molecule has 1 saturated heterocycles. The maximum absolute atomic E-state index is 13.0. The molecule has 136 valence electrons. The number of nitrogens with zero attached hydrogens (tertiary/aromatic N) is 3. The fraction of sp³-hybridized carbons (Fsp3) is 0.350. The molecule has 0 spiro atoms. The number of pyridine rings is 1. The summed E-state index contributed by atoms with van der Waals surface area (Å²) < 4.78 is 29.7. The minimum Gasteiger partial charge on any atom is -0.306 e. The van der Waals surface area contributed by atoms with Crippen LogP contribution in [-0.4, -0.2) is 35.2 Å². The van der Waals surface area contributed by atoms with Crippen LogP contribution in [0.2, 0.25) is 0 Å². The zero-order valence-electron chi connectivity index (χ0n) is 15.1. The van der Waals surface area contributed by atoms with Crippen LogP contribution >= 0.6 is 0 Å². The van der Waals surface area contributed by atoms with Crippen molar-refractivity contribution in [2.24, 2.45) is 5.92 Å². The highest BCUT2D eigenvalue weighted by Crippen LogP contribution is 2.27. The number of aromatic nitrogens is 2. The Balaban J connectivity index is 1.71. The molecule has 0 radical (unpaired) electrons. The van der Waals surface area contributed by atoms with E-state index >= 15 is 0 Å². The van der Waals surface area contributed by atoms with Gasteiger partial charge in [0.2, 0.25) is 10.0 Å². The van der Waals surface area contributed by atoms with E-state index in [4.69, 9.17) is 0 Å². The largest absolute Gasteiger partial charge is 0.306 e. The number of rotatable bonds is 3. The van der Waals surface area contributed by atoms with Crippen LogP contribution in [0.25, 0.3) is 16.9 Å². The third kappa shape index (κ3) is 3.15. The van der Waals surface area contributed by atoms with Gasteiger partial charge in [-0.15, -0.1) is 0 Å². The topological polar surface area (TPSA) is 54.7 Å². The molecule has 4 rings (SSSR count). The summed E-state index contributed by atoms with van der Waals surface area (Å²) in [7, 11) is -3.46. The molecule has 3 heterocycles. The number of sulfonamides is 1. The first-order valence-electron chi connectivity index (χ1n) is 8.99. The summed E-state index contributed by atoms with van der Waals surface area (Å²) in [6, 6.07) is 11.1. The molecule has 3 aromatic rings. The highest BCUT2D eigenvalue weighted by molar-refractivity contribution is 7.89. The summed E-state index contributed by atoms with van der Waals surface area (Å²) in [4.78, 5) is 4.97. The smallest absolute Gasteiger partial charge is 0.243 e. The van der Waals surface area contributed by atoms with Gasteiger partial charge in [0.15, 0.2) is 0 Å². The summed E-state index contributed by atoms with van der Waals surface area (Å²) in [6.07, 6.45) is 5.97. The van der Waals surface area contributed by atoms with Gasteiger partial charge in [0.1, 0.15) is 5.65 Å². The Morgan fingerprint density at radius 2 is 2.00 bits per heavy atom. The van der Waals surface area contributed by atoms with Crippen LogP contribution in [0.1, 0.15) is 25.3 Å². The molecule has 26 heavy (non-hydrogen) atoms. The van der Waals surface area contributed by atoms with Crippen LogP contribution in [0, 0.1) is 12.8 Å². The monoisotopic (exact) mass is 369 g/mol. The Labute approximate surface area is 154 Å². The minimum atomic E-state index is -3.46. The lowest BCUT2D eigenvalue weighted by molar-refractivity contribution is 0.281. The molecule has 0 N–H and O–H groups in total. The van der Waals surface area contributed by atoms with Crippen LogP contribution < -0.4 is 0 Å². The lowest BCUT2D eigenvalue weighted by atomic mass is 10.0. The molecular weight excluding hydrogens is 346 g/mol. The maximum atomic E-state index is 13.0. The number of hydrogen-bond donors (Lipinski definition) is 0. The predicted molar refractivity (Wildman–Crippen MR) is 103 cm³/mol. The van der Waals surface area contributed by atoms with Crippen molar-refractivity contribution >= 4 is 15.7 Å². The second kappa shape index (κ2) is 6.52. The molecule has 5 nitrogen and oxygen atoms in total. The Bertz CT molecular complexity index is 1060. The first-order chi connectivity index (χ1) is 12.4. The SMILES string of the molecule is Cc1ccc2nc(-c3cccc(S(=O)(=O)N4CCC[C@@H](C)C4)c3)cn2c1. The Kier molecular flexibility index (Phi) is 4.32. The predicted octanol–water partition coefficient (Wildman–Crippen LogP) is 3.73. The van der Waals surface area contributed by atoms with Crippen LogP contribution in [0.4, 0.5) is 0 Å². The van der Waals surface area contributed by atoms with Crippen molar-refractivity contribution in [3.63, 3.8) is 0 Å². The zero-order chi connectivity index (χ0) is 18.3. The van der Waals surface area contributed by atoms with Crippen molar-refractivity contribution in [1.82, 2.24) is 13.7 Å². The standard InChI is InChI=1S/C20H23N3O2S/c1-15-5-4-10-23(13-15)26(24,25)18-7-3-6-17(11-18)19-14-22-12-16(2)8-9-20(22)21-19/h3,6-9,11-12,14-15H,4-5,10,13H2,1-2H3/t15-/m1/s1. The quantitative estimate of drug-likeness (QED) is 0.707. The molecule has 6 heteroatoms. The van der Waals surface area contributed by atoms with E-state index in [1.165, 1.54) is 0 Å². The third-order valence-electron chi connectivity index (χ3n) is 4.99. The van der Waals surface area contributed by atoms with Gasteiger partial charge in [-0.25, -0.2) is 13.4 Å². The molecule has 1 aromatic carbocycles. The molecular formula is C20H23N3O2S. The maximum Gasteiger partial charge on any atom is 0.243 e.